The van der Waals surface area contributed by atoms with Gasteiger partial charge in [0.15, 0.2) is 5.82 Å². The van der Waals surface area contributed by atoms with Crippen molar-refractivity contribution in [2.24, 2.45) is 7.05 Å². The van der Waals surface area contributed by atoms with Crippen molar-refractivity contribution in [1.82, 2.24) is 34.9 Å². The zero-order valence-electron chi connectivity index (χ0n) is 14.4. The molecule has 0 fully saturated rings. The molecule has 0 radical (unpaired) electrons. The highest BCUT2D eigenvalue weighted by Gasteiger charge is 2.12. The summed E-state index contributed by atoms with van der Waals surface area (Å²) in [6, 6.07) is 7.26. The molecule has 9 heteroatoms. The highest BCUT2D eigenvalue weighted by atomic mass is 16.2. The molecule has 2 heterocycles. The predicted molar refractivity (Wildman–Crippen MR) is 92.6 cm³/mol. The molecule has 0 saturated heterocycles. The van der Waals surface area contributed by atoms with Gasteiger partial charge in [0.1, 0.15) is 0 Å². The molecule has 0 aliphatic carbocycles. The molecule has 3 aromatic rings. The number of carbonyl (C=O) groups is 1. The van der Waals surface area contributed by atoms with Crippen LogP contribution < -0.4 is 5.32 Å². The first-order chi connectivity index (χ1) is 12.1. The third-order valence-corrected chi connectivity index (χ3v) is 3.73. The Morgan fingerprint density at radius 3 is 2.92 bits per heavy atom. The number of aromatic nitrogens is 6. The van der Waals surface area contributed by atoms with Crippen molar-refractivity contribution >= 4 is 11.7 Å². The van der Waals surface area contributed by atoms with Crippen LogP contribution in [0.1, 0.15) is 12.5 Å². The van der Waals surface area contributed by atoms with E-state index in [0.29, 0.717) is 24.6 Å². The number of tetrazole rings is 1. The first kappa shape index (κ1) is 16.6. The molecular formula is C16H20N8O. The van der Waals surface area contributed by atoms with E-state index >= 15 is 0 Å². The van der Waals surface area contributed by atoms with Crippen LogP contribution in [0.3, 0.4) is 0 Å². The molecule has 9 nitrogen and oxygen atoms in total. The second-order valence-electron chi connectivity index (χ2n) is 5.71. The molecule has 0 aliphatic rings. The Bertz CT molecular complexity index is 868. The lowest BCUT2D eigenvalue weighted by molar-refractivity contribution is 0.220. The first-order valence-electron chi connectivity index (χ1n) is 7.93. The summed E-state index contributed by atoms with van der Waals surface area (Å²) in [6.07, 6.45) is 3.63. The second-order valence-corrected chi connectivity index (χ2v) is 5.71. The van der Waals surface area contributed by atoms with E-state index in [-0.39, 0.29) is 6.03 Å². The van der Waals surface area contributed by atoms with Crippen molar-refractivity contribution in [3.63, 3.8) is 0 Å². The number of hydrogen-bond donors (Lipinski definition) is 1. The minimum Gasteiger partial charge on any atom is -0.323 e. The molecular weight excluding hydrogens is 320 g/mol. The van der Waals surface area contributed by atoms with Crippen molar-refractivity contribution in [2.75, 3.05) is 12.4 Å². The largest absolute Gasteiger partial charge is 0.323 e. The molecule has 0 spiro atoms. The highest BCUT2D eigenvalue weighted by Crippen LogP contribution is 2.20. The molecule has 2 aromatic heterocycles. The summed E-state index contributed by atoms with van der Waals surface area (Å²) in [5.41, 5.74) is 2.50. The summed E-state index contributed by atoms with van der Waals surface area (Å²) in [6.45, 7) is 3.12. The topological polar surface area (TPSA) is 93.8 Å². The number of nitrogens with one attached hydrogen (secondary N) is 1. The summed E-state index contributed by atoms with van der Waals surface area (Å²) in [7, 11) is 3.59. The fourth-order valence-corrected chi connectivity index (χ4v) is 2.48. The van der Waals surface area contributed by atoms with Crippen LogP contribution >= 0.6 is 0 Å². The summed E-state index contributed by atoms with van der Waals surface area (Å²) in [4.78, 5) is 14.0. The maximum atomic E-state index is 12.4. The first-order valence-corrected chi connectivity index (χ1v) is 7.93. The van der Waals surface area contributed by atoms with Gasteiger partial charge in [-0.3, -0.25) is 4.68 Å². The molecule has 0 bridgehead atoms. The molecule has 2 amide bonds. The van der Waals surface area contributed by atoms with E-state index < -0.39 is 0 Å². The van der Waals surface area contributed by atoms with Crippen molar-refractivity contribution in [1.29, 1.82) is 0 Å². The Morgan fingerprint density at radius 2 is 2.20 bits per heavy atom. The van der Waals surface area contributed by atoms with Crippen LogP contribution in [0.5, 0.6) is 0 Å². The summed E-state index contributed by atoms with van der Waals surface area (Å²) in [5.74, 6) is 0.669. The van der Waals surface area contributed by atoms with Gasteiger partial charge in [0.05, 0.1) is 12.7 Å². The molecule has 0 unspecified atom stereocenters. The standard InChI is InChI=1S/C16H20N8O/c1-4-24-15(19-20-21-24)13-6-5-7-14(8-13)18-16(25)22(2)10-12-9-17-23(3)11-12/h5-9,11H,4,10H2,1-3H3,(H,18,25). The zero-order chi connectivity index (χ0) is 17.8. The normalized spacial score (nSPS) is 10.7. The third-order valence-electron chi connectivity index (χ3n) is 3.73. The van der Waals surface area contributed by atoms with E-state index in [2.05, 4.69) is 25.9 Å². The number of amides is 2. The molecule has 0 atom stereocenters. The Morgan fingerprint density at radius 1 is 1.36 bits per heavy atom. The van der Waals surface area contributed by atoms with Crippen molar-refractivity contribution in [2.45, 2.75) is 20.0 Å². The molecule has 0 aliphatic heterocycles. The summed E-state index contributed by atoms with van der Waals surface area (Å²) >= 11 is 0. The Kier molecular flexibility index (Phi) is 4.73. The van der Waals surface area contributed by atoms with Crippen LogP contribution in [0.2, 0.25) is 0 Å². The molecule has 3 rings (SSSR count). The van der Waals surface area contributed by atoms with Crippen LogP contribution in [-0.2, 0) is 20.1 Å². The van der Waals surface area contributed by atoms with Crippen LogP contribution in [0, 0.1) is 0 Å². The van der Waals surface area contributed by atoms with Gasteiger partial charge in [-0.15, -0.1) is 5.10 Å². The average molecular weight is 340 g/mol. The van der Waals surface area contributed by atoms with Crippen LogP contribution in [-0.4, -0.2) is 48.0 Å². The van der Waals surface area contributed by atoms with E-state index in [1.807, 2.05) is 44.4 Å². The van der Waals surface area contributed by atoms with Crippen LogP contribution in [0.15, 0.2) is 36.7 Å². The molecule has 1 aromatic carbocycles. The van der Waals surface area contributed by atoms with Crippen molar-refractivity contribution < 1.29 is 4.79 Å². The lowest BCUT2D eigenvalue weighted by Crippen LogP contribution is -2.30. The Hall–Kier alpha value is -3.23. The quantitative estimate of drug-likeness (QED) is 0.764. The number of rotatable bonds is 5. The van der Waals surface area contributed by atoms with Crippen LogP contribution in [0.25, 0.3) is 11.4 Å². The van der Waals surface area contributed by atoms with Gasteiger partial charge in [-0.25, -0.2) is 9.48 Å². The maximum Gasteiger partial charge on any atom is 0.321 e. The average Bonchev–Trinajstić information content (AvgIpc) is 3.23. The van der Waals surface area contributed by atoms with Gasteiger partial charge in [0.2, 0.25) is 0 Å². The molecule has 1 N–H and O–H groups in total. The van der Waals surface area contributed by atoms with Crippen LogP contribution in [0.4, 0.5) is 10.5 Å². The highest BCUT2D eigenvalue weighted by molar-refractivity contribution is 5.89. The number of urea groups is 1. The minimum atomic E-state index is -0.198. The summed E-state index contributed by atoms with van der Waals surface area (Å²) < 4.78 is 3.41. The molecule has 130 valence electrons. The van der Waals surface area contributed by atoms with E-state index in [1.165, 1.54) is 0 Å². The number of carbonyl (C=O) groups excluding carboxylic acids is 1. The van der Waals surface area contributed by atoms with Gasteiger partial charge < -0.3 is 10.2 Å². The van der Waals surface area contributed by atoms with Gasteiger partial charge in [-0.05, 0) is 29.5 Å². The monoisotopic (exact) mass is 340 g/mol. The lowest BCUT2D eigenvalue weighted by Gasteiger charge is -2.17. The number of anilines is 1. The number of nitrogens with zero attached hydrogens (tertiary/aromatic N) is 7. The van der Waals surface area contributed by atoms with E-state index in [9.17, 15) is 4.79 Å². The molecule has 25 heavy (non-hydrogen) atoms. The number of aryl methyl sites for hydroxylation is 2. The maximum absolute atomic E-state index is 12.4. The van der Waals surface area contributed by atoms with E-state index in [1.54, 1.807) is 27.5 Å². The van der Waals surface area contributed by atoms with Gasteiger partial charge in [0.25, 0.3) is 0 Å². The Balaban J connectivity index is 1.70. The van der Waals surface area contributed by atoms with E-state index in [0.717, 1.165) is 11.1 Å². The smallest absolute Gasteiger partial charge is 0.321 e. The lowest BCUT2D eigenvalue weighted by atomic mass is 10.2. The van der Waals surface area contributed by atoms with Crippen molar-refractivity contribution in [3.05, 3.63) is 42.2 Å². The Labute approximate surface area is 145 Å². The minimum absolute atomic E-state index is 0.198. The number of benzene rings is 1. The predicted octanol–water partition coefficient (Wildman–Crippen LogP) is 1.76. The molecule has 0 saturated carbocycles. The number of hydrogen-bond acceptors (Lipinski definition) is 5. The van der Waals surface area contributed by atoms with E-state index in [4.69, 9.17) is 0 Å². The van der Waals surface area contributed by atoms with Gasteiger partial charge >= 0.3 is 6.03 Å². The fraction of sp³-hybridized carbons (Fsp3) is 0.312. The van der Waals surface area contributed by atoms with Crippen molar-refractivity contribution in [3.8, 4) is 11.4 Å². The zero-order valence-corrected chi connectivity index (χ0v) is 14.4. The fourth-order valence-electron chi connectivity index (χ4n) is 2.48. The second kappa shape index (κ2) is 7.12. The third kappa shape index (κ3) is 3.82. The van der Waals surface area contributed by atoms with Gasteiger partial charge in [-0.1, -0.05) is 12.1 Å². The van der Waals surface area contributed by atoms with Gasteiger partial charge in [0, 0.05) is 43.7 Å². The SMILES string of the molecule is CCn1nnnc1-c1cccc(NC(=O)N(C)Cc2cnn(C)c2)c1. The summed E-state index contributed by atoms with van der Waals surface area (Å²) in [5, 5.41) is 18.7. The van der Waals surface area contributed by atoms with Gasteiger partial charge in [-0.2, -0.15) is 5.10 Å².